The third-order valence-corrected chi connectivity index (χ3v) is 5.76. The van der Waals surface area contributed by atoms with Gasteiger partial charge in [-0.1, -0.05) is 24.5 Å². The zero-order chi connectivity index (χ0) is 15.0. The van der Waals surface area contributed by atoms with E-state index in [9.17, 15) is 9.90 Å². The number of carbonyl (C=O) groups is 1. The van der Waals surface area contributed by atoms with Gasteiger partial charge < -0.3 is 10.0 Å². The van der Waals surface area contributed by atoms with Crippen LogP contribution >= 0.6 is 15.9 Å². The van der Waals surface area contributed by atoms with Gasteiger partial charge in [0.05, 0.1) is 11.2 Å². The van der Waals surface area contributed by atoms with Crippen molar-refractivity contribution in [3.63, 3.8) is 0 Å². The highest BCUT2D eigenvalue weighted by Crippen LogP contribution is 2.40. The van der Waals surface area contributed by atoms with Crippen molar-refractivity contribution in [2.45, 2.75) is 44.6 Å². The van der Waals surface area contributed by atoms with Crippen LogP contribution in [-0.4, -0.2) is 34.6 Å². The first-order valence-electron chi connectivity index (χ1n) is 7.77. The quantitative estimate of drug-likeness (QED) is 0.840. The van der Waals surface area contributed by atoms with E-state index in [-0.39, 0.29) is 11.8 Å². The highest BCUT2D eigenvalue weighted by atomic mass is 79.9. The third kappa shape index (κ3) is 2.88. The SMILES string of the molecule is Cc1ccc(Br)c(C(=O)N2CCC3(O)CCCCC3C2)c1. The Morgan fingerprint density at radius 3 is 3.00 bits per heavy atom. The summed E-state index contributed by atoms with van der Waals surface area (Å²) in [6, 6.07) is 5.87. The fourth-order valence-corrected chi connectivity index (χ4v) is 4.14. The predicted octanol–water partition coefficient (Wildman–Crippen LogP) is 3.52. The number of benzene rings is 1. The summed E-state index contributed by atoms with van der Waals surface area (Å²) in [7, 11) is 0. The van der Waals surface area contributed by atoms with Crippen molar-refractivity contribution < 1.29 is 9.90 Å². The monoisotopic (exact) mass is 351 g/mol. The molecule has 3 nitrogen and oxygen atoms in total. The van der Waals surface area contributed by atoms with Crippen LogP contribution in [-0.2, 0) is 0 Å². The first-order valence-corrected chi connectivity index (χ1v) is 8.57. The van der Waals surface area contributed by atoms with Gasteiger partial charge in [0.2, 0.25) is 0 Å². The van der Waals surface area contributed by atoms with E-state index in [0.717, 1.165) is 34.9 Å². The lowest BCUT2D eigenvalue weighted by atomic mass is 9.71. The minimum absolute atomic E-state index is 0.0817. The number of aliphatic hydroxyl groups is 1. The fourth-order valence-electron chi connectivity index (χ4n) is 3.73. The van der Waals surface area contributed by atoms with Crippen LogP contribution in [0, 0.1) is 12.8 Å². The molecular formula is C17H22BrNO2. The van der Waals surface area contributed by atoms with Crippen molar-refractivity contribution in [2.75, 3.05) is 13.1 Å². The van der Waals surface area contributed by atoms with Gasteiger partial charge in [0.1, 0.15) is 0 Å². The number of nitrogens with zero attached hydrogens (tertiary/aromatic N) is 1. The van der Waals surface area contributed by atoms with E-state index >= 15 is 0 Å². The lowest BCUT2D eigenvalue weighted by molar-refractivity contribution is -0.0886. The van der Waals surface area contributed by atoms with Crippen molar-refractivity contribution in [1.29, 1.82) is 0 Å². The molecule has 1 heterocycles. The summed E-state index contributed by atoms with van der Waals surface area (Å²) in [5.74, 6) is 0.325. The van der Waals surface area contributed by atoms with Crippen molar-refractivity contribution in [1.82, 2.24) is 4.90 Å². The Morgan fingerprint density at radius 1 is 1.38 bits per heavy atom. The second-order valence-corrected chi connectivity index (χ2v) is 7.39. The average Bonchev–Trinajstić information content (AvgIpc) is 2.48. The Hall–Kier alpha value is -0.870. The number of halogens is 1. The summed E-state index contributed by atoms with van der Waals surface area (Å²) in [6.45, 7) is 3.35. The maximum atomic E-state index is 12.8. The van der Waals surface area contributed by atoms with Gasteiger partial charge in [-0.2, -0.15) is 0 Å². The number of hydrogen-bond acceptors (Lipinski definition) is 2. The van der Waals surface area contributed by atoms with E-state index < -0.39 is 5.60 Å². The molecule has 2 aliphatic rings. The molecule has 4 heteroatoms. The molecule has 2 unspecified atom stereocenters. The summed E-state index contributed by atoms with van der Waals surface area (Å²) in [6.07, 6.45) is 4.93. The second-order valence-electron chi connectivity index (χ2n) is 6.53. The van der Waals surface area contributed by atoms with Gasteiger partial charge in [0.25, 0.3) is 5.91 Å². The van der Waals surface area contributed by atoms with E-state index in [4.69, 9.17) is 0 Å². The Balaban J connectivity index is 1.79. The third-order valence-electron chi connectivity index (χ3n) is 5.07. The molecule has 1 aliphatic carbocycles. The summed E-state index contributed by atoms with van der Waals surface area (Å²) >= 11 is 3.48. The summed E-state index contributed by atoms with van der Waals surface area (Å²) in [5.41, 5.74) is 1.29. The minimum atomic E-state index is -0.529. The predicted molar refractivity (Wildman–Crippen MR) is 86.3 cm³/mol. The summed E-state index contributed by atoms with van der Waals surface area (Å²) in [4.78, 5) is 14.7. The van der Waals surface area contributed by atoms with E-state index in [2.05, 4.69) is 15.9 Å². The average molecular weight is 352 g/mol. The van der Waals surface area contributed by atoms with Crippen molar-refractivity contribution in [3.8, 4) is 0 Å². The number of amides is 1. The zero-order valence-electron chi connectivity index (χ0n) is 12.4. The molecule has 0 spiro atoms. The highest BCUT2D eigenvalue weighted by Gasteiger charge is 2.43. The van der Waals surface area contributed by atoms with Gasteiger partial charge in [-0.15, -0.1) is 0 Å². The minimum Gasteiger partial charge on any atom is -0.389 e. The molecule has 1 saturated carbocycles. The van der Waals surface area contributed by atoms with Crippen LogP contribution in [0.1, 0.15) is 48.0 Å². The molecule has 2 fully saturated rings. The van der Waals surface area contributed by atoms with Crippen molar-refractivity contribution >= 4 is 21.8 Å². The van der Waals surface area contributed by atoms with Crippen LogP contribution in [0.4, 0.5) is 0 Å². The second kappa shape index (κ2) is 5.73. The Kier molecular flexibility index (Phi) is 4.10. The lowest BCUT2D eigenvalue weighted by Gasteiger charge is -2.47. The maximum Gasteiger partial charge on any atom is 0.255 e. The van der Waals surface area contributed by atoms with E-state index in [1.54, 1.807) is 0 Å². The fraction of sp³-hybridized carbons (Fsp3) is 0.588. The Morgan fingerprint density at radius 2 is 2.19 bits per heavy atom. The standard InChI is InChI=1S/C17H22BrNO2/c1-12-5-6-15(18)14(10-12)16(20)19-9-8-17(21)7-3-2-4-13(17)11-19/h5-6,10,13,21H,2-4,7-9,11H2,1H3. The maximum absolute atomic E-state index is 12.8. The van der Waals surface area contributed by atoms with E-state index in [0.29, 0.717) is 19.5 Å². The number of piperidine rings is 1. The number of hydrogen-bond donors (Lipinski definition) is 1. The summed E-state index contributed by atoms with van der Waals surface area (Å²) < 4.78 is 0.850. The van der Waals surface area contributed by atoms with Crippen LogP contribution < -0.4 is 0 Å². The van der Waals surface area contributed by atoms with Gasteiger partial charge in [0.15, 0.2) is 0 Å². The van der Waals surface area contributed by atoms with E-state index in [1.165, 1.54) is 6.42 Å². The molecule has 0 radical (unpaired) electrons. The van der Waals surface area contributed by atoms with Crippen LogP contribution in [0.25, 0.3) is 0 Å². The van der Waals surface area contributed by atoms with Crippen molar-refractivity contribution in [2.24, 2.45) is 5.92 Å². The zero-order valence-corrected chi connectivity index (χ0v) is 14.0. The number of fused-ring (bicyclic) bond motifs is 1. The number of carbonyl (C=O) groups excluding carboxylic acids is 1. The van der Waals surface area contributed by atoms with Crippen LogP contribution in [0.3, 0.4) is 0 Å². The molecule has 1 N–H and O–H groups in total. The number of likely N-dealkylation sites (tertiary alicyclic amines) is 1. The van der Waals surface area contributed by atoms with Gasteiger partial charge in [-0.3, -0.25) is 4.79 Å². The molecule has 1 amide bonds. The van der Waals surface area contributed by atoms with Gasteiger partial charge >= 0.3 is 0 Å². The number of rotatable bonds is 1. The van der Waals surface area contributed by atoms with Crippen LogP contribution in [0.2, 0.25) is 0 Å². The molecule has 21 heavy (non-hydrogen) atoms. The van der Waals surface area contributed by atoms with Crippen LogP contribution in [0.15, 0.2) is 22.7 Å². The van der Waals surface area contributed by atoms with E-state index in [1.807, 2.05) is 30.0 Å². The topological polar surface area (TPSA) is 40.5 Å². The molecule has 1 aromatic carbocycles. The molecule has 114 valence electrons. The molecule has 1 aliphatic heterocycles. The Bertz CT molecular complexity index is 560. The summed E-state index contributed by atoms with van der Waals surface area (Å²) in [5, 5.41) is 10.7. The lowest BCUT2D eigenvalue weighted by Crippen LogP contribution is -2.54. The normalized spacial score (nSPS) is 29.1. The molecule has 0 aromatic heterocycles. The highest BCUT2D eigenvalue weighted by molar-refractivity contribution is 9.10. The molecule has 1 saturated heterocycles. The van der Waals surface area contributed by atoms with Crippen molar-refractivity contribution in [3.05, 3.63) is 33.8 Å². The first-order chi connectivity index (χ1) is 9.99. The van der Waals surface area contributed by atoms with Crippen LogP contribution in [0.5, 0.6) is 0 Å². The molecular weight excluding hydrogens is 330 g/mol. The smallest absolute Gasteiger partial charge is 0.255 e. The Labute approximate surface area is 134 Å². The molecule has 2 atom stereocenters. The molecule has 1 aromatic rings. The largest absolute Gasteiger partial charge is 0.389 e. The van der Waals surface area contributed by atoms with Gasteiger partial charge in [-0.05, 0) is 54.2 Å². The number of aryl methyl sites for hydroxylation is 1. The van der Waals surface area contributed by atoms with Gasteiger partial charge in [-0.25, -0.2) is 0 Å². The first kappa shape index (κ1) is 15.0. The molecule has 3 rings (SSSR count). The molecule has 0 bridgehead atoms. The van der Waals surface area contributed by atoms with Gasteiger partial charge in [0, 0.05) is 23.5 Å².